The zero-order valence-corrected chi connectivity index (χ0v) is 13.0. The lowest BCUT2D eigenvalue weighted by molar-refractivity contribution is -0.154. The number of nitrogens with one attached hydrogen (secondary N) is 1. The van der Waals surface area contributed by atoms with Crippen molar-refractivity contribution in [2.45, 2.75) is 13.3 Å². The van der Waals surface area contributed by atoms with Gasteiger partial charge in [-0.1, -0.05) is 36.4 Å². The first-order valence-electron chi connectivity index (χ1n) is 7.46. The first kappa shape index (κ1) is 16.5. The van der Waals surface area contributed by atoms with Crippen molar-refractivity contribution < 1.29 is 19.1 Å². The van der Waals surface area contributed by atoms with Gasteiger partial charge in [0.1, 0.15) is 11.5 Å². The average molecular weight is 313 g/mol. The van der Waals surface area contributed by atoms with E-state index in [2.05, 4.69) is 10.1 Å². The first-order valence-corrected chi connectivity index (χ1v) is 7.46. The molecule has 0 heterocycles. The topological polar surface area (TPSA) is 64.6 Å². The van der Waals surface area contributed by atoms with Crippen LogP contribution in [0.2, 0.25) is 0 Å². The first-order chi connectivity index (χ1) is 11.2. The Morgan fingerprint density at radius 3 is 2.43 bits per heavy atom. The Morgan fingerprint density at radius 1 is 1.00 bits per heavy atom. The van der Waals surface area contributed by atoms with E-state index < -0.39 is 11.9 Å². The number of carbonyl (C=O) groups is 2. The molecule has 0 unspecified atom stereocenters. The van der Waals surface area contributed by atoms with Gasteiger partial charge in [0.25, 0.3) is 0 Å². The smallest absolute Gasteiger partial charge is 0.396 e. The third-order valence-electron chi connectivity index (χ3n) is 3.08. The van der Waals surface area contributed by atoms with Crippen LogP contribution >= 0.6 is 0 Å². The van der Waals surface area contributed by atoms with Gasteiger partial charge in [0.15, 0.2) is 0 Å². The van der Waals surface area contributed by atoms with E-state index in [9.17, 15) is 9.59 Å². The van der Waals surface area contributed by atoms with E-state index in [1.54, 1.807) is 6.92 Å². The fourth-order valence-electron chi connectivity index (χ4n) is 2.00. The van der Waals surface area contributed by atoms with Crippen molar-refractivity contribution >= 4 is 11.9 Å². The Hall–Kier alpha value is -2.82. The molecule has 0 aromatic heterocycles. The summed E-state index contributed by atoms with van der Waals surface area (Å²) in [5, 5.41) is 2.54. The zero-order chi connectivity index (χ0) is 16.5. The highest BCUT2D eigenvalue weighted by atomic mass is 16.5. The predicted octanol–water partition coefficient (Wildman–Crippen LogP) is 2.70. The number of hydrogen-bond acceptors (Lipinski definition) is 4. The van der Waals surface area contributed by atoms with E-state index >= 15 is 0 Å². The molecule has 0 aliphatic carbocycles. The summed E-state index contributed by atoms with van der Waals surface area (Å²) in [6, 6.07) is 17.1. The molecular weight excluding hydrogens is 294 g/mol. The molecule has 2 aromatic carbocycles. The van der Waals surface area contributed by atoms with Crippen LogP contribution in [0.25, 0.3) is 0 Å². The Kier molecular flexibility index (Phi) is 6.17. The van der Waals surface area contributed by atoms with Gasteiger partial charge in [-0.15, -0.1) is 0 Å². The van der Waals surface area contributed by atoms with E-state index in [0.717, 1.165) is 17.1 Å². The summed E-state index contributed by atoms with van der Waals surface area (Å²) in [6.07, 6.45) is 0.550. The molecule has 0 spiro atoms. The van der Waals surface area contributed by atoms with Crippen molar-refractivity contribution in [3.63, 3.8) is 0 Å². The highest BCUT2D eigenvalue weighted by Crippen LogP contribution is 2.25. The molecule has 2 aromatic rings. The number of benzene rings is 2. The van der Waals surface area contributed by atoms with E-state index in [4.69, 9.17) is 4.74 Å². The summed E-state index contributed by atoms with van der Waals surface area (Å²) >= 11 is 0. The second-order valence-corrected chi connectivity index (χ2v) is 4.75. The van der Waals surface area contributed by atoms with Crippen molar-refractivity contribution in [2.75, 3.05) is 13.2 Å². The van der Waals surface area contributed by atoms with Crippen LogP contribution in [0.3, 0.4) is 0 Å². The highest BCUT2D eigenvalue weighted by Gasteiger charge is 2.14. The van der Waals surface area contributed by atoms with Gasteiger partial charge in [-0.25, -0.2) is 4.79 Å². The minimum absolute atomic E-state index is 0.181. The maximum Gasteiger partial charge on any atom is 0.396 e. The molecule has 0 atom stereocenters. The molecule has 0 bridgehead atoms. The van der Waals surface area contributed by atoms with Crippen LogP contribution in [0.5, 0.6) is 11.5 Å². The lowest BCUT2D eigenvalue weighted by Gasteiger charge is -2.11. The van der Waals surface area contributed by atoms with Crippen LogP contribution in [0.1, 0.15) is 12.5 Å². The van der Waals surface area contributed by atoms with Crippen molar-refractivity contribution in [1.82, 2.24) is 5.32 Å². The Bertz CT molecular complexity index is 655. The van der Waals surface area contributed by atoms with Crippen molar-refractivity contribution in [3.05, 3.63) is 60.2 Å². The Labute approximate surface area is 135 Å². The highest BCUT2D eigenvalue weighted by molar-refractivity contribution is 6.32. The summed E-state index contributed by atoms with van der Waals surface area (Å²) in [5.41, 5.74) is 0.945. The third-order valence-corrected chi connectivity index (χ3v) is 3.08. The van der Waals surface area contributed by atoms with Crippen LogP contribution in [-0.2, 0) is 20.7 Å². The van der Waals surface area contributed by atoms with Crippen LogP contribution < -0.4 is 10.1 Å². The number of para-hydroxylation sites is 2. The van der Waals surface area contributed by atoms with Crippen molar-refractivity contribution in [2.24, 2.45) is 0 Å². The van der Waals surface area contributed by atoms with Gasteiger partial charge in [0.05, 0.1) is 6.61 Å². The van der Waals surface area contributed by atoms with Crippen molar-refractivity contribution in [3.8, 4) is 11.5 Å². The van der Waals surface area contributed by atoms with E-state index in [0.29, 0.717) is 13.0 Å². The standard InChI is InChI=1S/C18H19NO4/c1-2-22-18(21)17(20)19-13-12-14-8-6-7-11-16(14)23-15-9-4-3-5-10-15/h3-11H,2,12-13H2,1H3,(H,19,20). The molecule has 0 saturated heterocycles. The van der Waals surface area contributed by atoms with Gasteiger partial charge in [-0.05, 0) is 37.1 Å². The van der Waals surface area contributed by atoms with Crippen LogP contribution in [0.4, 0.5) is 0 Å². The Morgan fingerprint density at radius 2 is 1.70 bits per heavy atom. The fraction of sp³-hybridized carbons (Fsp3) is 0.222. The quantitative estimate of drug-likeness (QED) is 0.658. The number of esters is 1. The van der Waals surface area contributed by atoms with E-state index in [-0.39, 0.29) is 6.61 Å². The molecule has 23 heavy (non-hydrogen) atoms. The van der Waals surface area contributed by atoms with E-state index in [1.807, 2.05) is 54.6 Å². The lowest BCUT2D eigenvalue weighted by Crippen LogP contribution is -2.33. The minimum Gasteiger partial charge on any atom is -0.459 e. The van der Waals surface area contributed by atoms with Gasteiger partial charge < -0.3 is 14.8 Å². The second-order valence-electron chi connectivity index (χ2n) is 4.75. The summed E-state index contributed by atoms with van der Waals surface area (Å²) in [6.45, 7) is 2.16. The molecule has 120 valence electrons. The van der Waals surface area contributed by atoms with Crippen molar-refractivity contribution in [1.29, 1.82) is 0 Å². The van der Waals surface area contributed by atoms with E-state index in [1.165, 1.54) is 0 Å². The molecule has 0 saturated carbocycles. The SMILES string of the molecule is CCOC(=O)C(=O)NCCc1ccccc1Oc1ccccc1. The normalized spacial score (nSPS) is 9.96. The summed E-state index contributed by atoms with van der Waals surface area (Å²) in [5.74, 6) is -0.116. The summed E-state index contributed by atoms with van der Waals surface area (Å²) < 4.78 is 10.5. The number of amides is 1. The number of hydrogen-bond donors (Lipinski definition) is 1. The summed E-state index contributed by atoms with van der Waals surface area (Å²) in [4.78, 5) is 22.7. The van der Waals surface area contributed by atoms with Gasteiger partial charge in [-0.2, -0.15) is 0 Å². The third kappa shape index (κ3) is 5.14. The Balaban J connectivity index is 1.93. The zero-order valence-electron chi connectivity index (χ0n) is 13.0. The molecule has 1 N–H and O–H groups in total. The summed E-state index contributed by atoms with van der Waals surface area (Å²) in [7, 11) is 0. The van der Waals surface area contributed by atoms with Gasteiger partial charge in [0, 0.05) is 6.54 Å². The molecule has 5 nitrogen and oxygen atoms in total. The molecule has 0 fully saturated rings. The number of carbonyl (C=O) groups excluding carboxylic acids is 2. The lowest BCUT2D eigenvalue weighted by atomic mass is 10.1. The number of ether oxygens (including phenoxy) is 2. The molecular formula is C18H19NO4. The maximum atomic E-state index is 11.5. The average Bonchev–Trinajstić information content (AvgIpc) is 2.57. The maximum absolute atomic E-state index is 11.5. The largest absolute Gasteiger partial charge is 0.459 e. The molecule has 2 rings (SSSR count). The van der Waals surface area contributed by atoms with Crippen LogP contribution in [-0.4, -0.2) is 25.0 Å². The fourth-order valence-corrected chi connectivity index (χ4v) is 2.00. The van der Waals surface area contributed by atoms with Gasteiger partial charge in [0.2, 0.25) is 0 Å². The predicted molar refractivity (Wildman–Crippen MR) is 86.3 cm³/mol. The van der Waals surface area contributed by atoms with Gasteiger partial charge in [-0.3, -0.25) is 4.79 Å². The molecule has 1 amide bonds. The van der Waals surface area contributed by atoms with Crippen LogP contribution in [0, 0.1) is 0 Å². The molecule has 0 aliphatic rings. The molecule has 0 radical (unpaired) electrons. The minimum atomic E-state index is -0.860. The van der Waals surface area contributed by atoms with Crippen LogP contribution in [0.15, 0.2) is 54.6 Å². The molecule has 0 aliphatic heterocycles. The number of rotatable bonds is 6. The second kappa shape index (κ2) is 8.58. The molecule has 5 heteroatoms. The monoisotopic (exact) mass is 313 g/mol. The van der Waals surface area contributed by atoms with Gasteiger partial charge >= 0.3 is 11.9 Å².